The van der Waals surface area contributed by atoms with Crippen molar-refractivity contribution < 1.29 is 0 Å². The third kappa shape index (κ3) is 4.08. The number of hydrogen-bond acceptors (Lipinski definition) is 2. The summed E-state index contributed by atoms with van der Waals surface area (Å²) in [5.74, 6) is 0.648. The molecular formula is C50H30N4. The van der Waals surface area contributed by atoms with Crippen LogP contribution in [0.4, 0.5) is 0 Å². The molecule has 4 nitrogen and oxygen atoms in total. The molecule has 0 atom stereocenters. The Morgan fingerprint density at radius 2 is 0.944 bits per heavy atom. The largest absolute Gasteiger partial charge is 0.308 e. The molecule has 0 saturated carbocycles. The monoisotopic (exact) mass is 686 g/mol. The van der Waals surface area contributed by atoms with E-state index in [1.807, 2.05) is 6.07 Å². The Kier molecular flexibility index (Phi) is 6.02. The summed E-state index contributed by atoms with van der Waals surface area (Å²) in [6.07, 6.45) is 0. The first-order chi connectivity index (χ1) is 26.8. The van der Waals surface area contributed by atoms with Gasteiger partial charge in [0.2, 0.25) is 5.95 Å². The molecule has 0 aliphatic carbocycles. The summed E-state index contributed by atoms with van der Waals surface area (Å²) in [4.78, 5) is 10.8. The fourth-order valence-corrected chi connectivity index (χ4v) is 8.93. The number of para-hydroxylation sites is 1. The minimum absolute atomic E-state index is 0.648. The third-order valence-corrected chi connectivity index (χ3v) is 11.3. The van der Waals surface area contributed by atoms with Gasteiger partial charge in [-0.3, -0.25) is 4.57 Å². The number of hydrogen-bond donors (Lipinski definition) is 0. The quantitative estimate of drug-likeness (QED) is 0.185. The smallest absolute Gasteiger partial charge is 0.235 e. The summed E-state index contributed by atoms with van der Waals surface area (Å²) in [7, 11) is 0. The van der Waals surface area contributed by atoms with Crippen molar-refractivity contribution in [3.05, 3.63) is 182 Å². The molecule has 0 fully saturated rings. The van der Waals surface area contributed by atoms with Crippen molar-refractivity contribution in [1.82, 2.24) is 18.9 Å². The molecule has 0 aliphatic rings. The van der Waals surface area contributed by atoms with Crippen LogP contribution in [0.1, 0.15) is 0 Å². The normalized spacial score (nSPS) is 12.1. The van der Waals surface area contributed by atoms with Crippen molar-refractivity contribution in [3.8, 4) is 39.6 Å². The molecule has 0 unspecified atom stereocenters. The van der Waals surface area contributed by atoms with Crippen LogP contribution in [0.5, 0.6) is 0 Å². The standard InChI is InChI=1S/C50H30N4/c1-3-13-31(14-4-1)34-18-11-19-35(29-34)41-30-40(33-16-5-2-6-17-33)51-50(52-41)54-43-24-12-22-38-37-21-9-10-23-42(37)53-44-27-25-32-15-7-8-20-36(32)46(44)39-26-28-45(54)48(47(38)43)49(39)53/h1-30H. The van der Waals surface area contributed by atoms with E-state index < -0.39 is 0 Å². The Bertz CT molecular complexity index is 3430. The number of fused-ring (bicyclic) bond motifs is 8. The lowest BCUT2D eigenvalue weighted by Gasteiger charge is -2.13. The summed E-state index contributed by atoms with van der Waals surface area (Å²) in [5, 5.41) is 9.90. The molecule has 4 heterocycles. The van der Waals surface area contributed by atoms with Gasteiger partial charge in [0, 0.05) is 38.1 Å². The van der Waals surface area contributed by atoms with Crippen LogP contribution < -0.4 is 0 Å². The van der Waals surface area contributed by atoms with E-state index in [1.54, 1.807) is 0 Å². The molecule has 0 radical (unpaired) electrons. The van der Waals surface area contributed by atoms with E-state index in [4.69, 9.17) is 9.97 Å². The molecule has 0 saturated heterocycles. The molecular weight excluding hydrogens is 657 g/mol. The van der Waals surface area contributed by atoms with Crippen molar-refractivity contribution in [2.24, 2.45) is 0 Å². The van der Waals surface area contributed by atoms with E-state index in [9.17, 15) is 0 Å². The third-order valence-electron chi connectivity index (χ3n) is 11.3. The summed E-state index contributed by atoms with van der Waals surface area (Å²) >= 11 is 0. The second-order valence-corrected chi connectivity index (χ2v) is 14.2. The predicted octanol–water partition coefficient (Wildman–Crippen LogP) is 12.9. The SMILES string of the molecule is c1ccc(-c2cccc(-c3cc(-c4ccccc4)nc(-n4c5cccc6c7ccccc7n7c8ccc9ccccc9c8c8ccc4c(c65)c87)n3)c2)cc1. The number of aromatic nitrogens is 4. The molecule has 12 aromatic rings. The van der Waals surface area contributed by atoms with Crippen molar-refractivity contribution in [3.63, 3.8) is 0 Å². The average molecular weight is 687 g/mol. The van der Waals surface area contributed by atoms with Gasteiger partial charge < -0.3 is 4.40 Å². The zero-order valence-electron chi connectivity index (χ0n) is 29.1. The van der Waals surface area contributed by atoms with Crippen LogP contribution in [0.25, 0.3) is 110 Å². The fraction of sp³-hybridized carbons (Fsp3) is 0. The first kappa shape index (κ1) is 29.3. The van der Waals surface area contributed by atoms with E-state index in [2.05, 4.69) is 185 Å². The molecule has 12 rings (SSSR count). The highest BCUT2D eigenvalue weighted by atomic mass is 15.2. The van der Waals surface area contributed by atoms with Gasteiger partial charge in [-0.05, 0) is 63.7 Å². The maximum Gasteiger partial charge on any atom is 0.235 e. The molecule has 4 aromatic heterocycles. The van der Waals surface area contributed by atoms with Crippen LogP contribution in [-0.4, -0.2) is 18.9 Å². The topological polar surface area (TPSA) is 35.1 Å². The summed E-state index contributed by atoms with van der Waals surface area (Å²) in [6.45, 7) is 0. The number of benzene rings is 8. The Morgan fingerprint density at radius 1 is 0.333 bits per heavy atom. The van der Waals surface area contributed by atoms with Gasteiger partial charge in [0.1, 0.15) is 0 Å². The van der Waals surface area contributed by atoms with Gasteiger partial charge in [0.15, 0.2) is 0 Å². The molecule has 54 heavy (non-hydrogen) atoms. The summed E-state index contributed by atoms with van der Waals surface area (Å²) in [6, 6.07) is 65.2. The van der Waals surface area contributed by atoms with E-state index >= 15 is 0 Å². The van der Waals surface area contributed by atoms with Gasteiger partial charge in [-0.2, -0.15) is 0 Å². The van der Waals surface area contributed by atoms with Crippen molar-refractivity contribution in [2.45, 2.75) is 0 Å². The van der Waals surface area contributed by atoms with Crippen LogP contribution >= 0.6 is 0 Å². The van der Waals surface area contributed by atoms with Crippen LogP contribution in [0, 0.1) is 0 Å². The molecule has 0 N–H and O–H groups in total. The maximum atomic E-state index is 5.43. The van der Waals surface area contributed by atoms with Crippen molar-refractivity contribution in [1.29, 1.82) is 0 Å². The van der Waals surface area contributed by atoms with Crippen LogP contribution in [0.3, 0.4) is 0 Å². The second kappa shape index (κ2) is 11.1. The summed E-state index contributed by atoms with van der Waals surface area (Å²) < 4.78 is 4.79. The minimum Gasteiger partial charge on any atom is -0.308 e. The van der Waals surface area contributed by atoms with Crippen molar-refractivity contribution in [2.75, 3.05) is 0 Å². The van der Waals surface area contributed by atoms with E-state index in [-0.39, 0.29) is 0 Å². The molecule has 0 aliphatic heterocycles. The number of nitrogens with zero attached hydrogens (tertiary/aromatic N) is 4. The zero-order valence-corrected chi connectivity index (χ0v) is 29.1. The average Bonchev–Trinajstić information content (AvgIpc) is 3.73. The second-order valence-electron chi connectivity index (χ2n) is 14.2. The highest BCUT2D eigenvalue weighted by molar-refractivity contribution is 6.35. The molecule has 0 spiro atoms. The fourth-order valence-electron chi connectivity index (χ4n) is 8.93. The molecule has 4 heteroatoms. The van der Waals surface area contributed by atoms with Crippen LogP contribution in [-0.2, 0) is 0 Å². The Balaban J connectivity index is 1.23. The van der Waals surface area contributed by atoms with E-state index in [1.165, 1.54) is 65.2 Å². The molecule has 0 bridgehead atoms. The Labute approximate surface area is 310 Å². The van der Waals surface area contributed by atoms with E-state index in [0.29, 0.717) is 5.95 Å². The first-order valence-electron chi connectivity index (χ1n) is 18.4. The molecule has 8 aromatic carbocycles. The van der Waals surface area contributed by atoms with Gasteiger partial charge in [0.05, 0.1) is 39.0 Å². The van der Waals surface area contributed by atoms with Crippen LogP contribution in [0.2, 0.25) is 0 Å². The Hall–Kier alpha value is -7.30. The highest BCUT2D eigenvalue weighted by Gasteiger charge is 2.25. The van der Waals surface area contributed by atoms with Gasteiger partial charge in [0.25, 0.3) is 0 Å². The maximum absolute atomic E-state index is 5.43. The predicted molar refractivity (Wildman–Crippen MR) is 225 cm³/mol. The highest BCUT2D eigenvalue weighted by Crippen LogP contribution is 2.46. The lowest BCUT2D eigenvalue weighted by atomic mass is 10.0. The Morgan fingerprint density at radius 3 is 1.80 bits per heavy atom. The summed E-state index contributed by atoms with van der Waals surface area (Å²) in [5.41, 5.74) is 12.0. The van der Waals surface area contributed by atoms with Crippen LogP contribution in [0.15, 0.2) is 182 Å². The lowest BCUT2D eigenvalue weighted by molar-refractivity contribution is 0.996. The first-order valence-corrected chi connectivity index (χ1v) is 18.4. The van der Waals surface area contributed by atoms with Crippen molar-refractivity contribution >= 4 is 70.7 Å². The van der Waals surface area contributed by atoms with E-state index in [0.717, 1.165) is 39.1 Å². The lowest BCUT2D eigenvalue weighted by Crippen LogP contribution is -2.04. The number of rotatable bonds is 4. The van der Waals surface area contributed by atoms with Gasteiger partial charge in [-0.1, -0.05) is 146 Å². The molecule has 0 amide bonds. The minimum atomic E-state index is 0.648. The van der Waals surface area contributed by atoms with Gasteiger partial charge in [-0.15, -0.1) is 0 Å². The molecule has 250 valence electrons. The van der Waals surface area contributed by atoms with Gasteiger partial charge in [-0.25, -0.2) is 9.97 Å². The van der Waals surface area contributed by atoms with Gasteiger partial charge >= 0.3 is 0 Å². The zero-order chi connectivity index (χ0) is 35.3.